The molecule has 3 amide bonds. The summed E-state index contributed by atoms with van der Waals surface area (Å²) in [4.78, 5) is 63.5. The van der Waals surface area contributed by atoms with Crippen molar-refractivity contribution < 1.29 is 42.2 Å². The fraction of sp³-hybridized carbons (Fsp3) is 0.549. The van der Waals surface area contributed by atoms with Gasteiger partial charge in [0.05, 0.1) is 35.3 Å². The predicted molar refractivity (Wildman–Crippen MR) is 258 cm³/mol. The number of fused-ring (bicyclic) bond motifs is 6. The van der Waals surface area contributed by atoms with Crippen LogP contribution >= 0.6 is 0 Å². The van der Waals surface area contributed by atoms with Gasteiger partial charge in [-0.1, -0.05) is 39.8 Å². The van der Waals surface area contributed by atoms with Crippen LogP contribution in [0.3, 0.4) is 0 Å². The third-order valence-electron chi connectivity index (χ3n) is 14.1. The summed E-state index contributed by atoms with van der Waals surface area (Å²) in [5, 5.41) is 16.3. The first-order valence-corrected chi connectivity index (χ1v) is 25.6. The summed E-state index contributed by atoms with van der Waals surface area (Å²) in [5.41, 5.74) is 9.45. The van der Waals surface area contributed by atoms with E-state index in [0.717, 1.165) is 39.0 Å². The van der Waals surface area contributed by atoms with Crippen LogP contribution in [0, 0.1) is 17.3 Å². The largest absolute Gasteiger partial charge is 0.508 e. The van der Waals surface area contributed by atoms with Crippen molar-refractivity contribution >= 4 is 44.6 Å². The molecular weight excluding hydrogens is 887 g/mol. The molecule has 16 nitrogen and oxygen atoms in total. The van der Waals surface area contributed by atoms with E-state index in [1.54, 1.807) is 32.5 Å². The van der Waals surface area contributed by atoms with E-state index in [1.807, 2.05) is 39.0 Å². The summed E-state index contributed by atoms with van der Waals surface area (Å²) in [6.07, 6.45) is 4.51. The predicted octanol–water partition coefficient (Wildman–Crippen LogP) is 5.75. The van der Waals surface area contributed by atoms with Gasteiger partial charge in [-0.2, -0.15) is 0 Å². The van der Waals surface area contributed by atoms with Crippen LogP contribution in [0.4, 0.5) is 0 Å². The molecule has 6 bridgehead atoms. The molecule has 68 heavy (non-hydrogen) atoms. The Morgan fingerprint density at radius 3 is 2.51 bits per heavy atom. The lowest BCUT2D eigenvalue weighted by molar-refractivity contribution is -0.155. The molecule has 5 atom stereocenters. The molecule has 1 aliphatic carbocycles. The number of hydrogen-bond acceptors (Lipinski definition) is 11. The maximum Gasteiger partial charge on any atom is 0.324 e. The summed E-state index contributed by atoms with van der Waals surface area (Å²) < 4.78 is 41.6. The summed E-state index contributed by atoms with van der Waals surface area (Å²) >= 11 is 0. The van der Waals surface area contributed by atoms with Crippen LogP contribution in [0.1, 0.15) is 96.6 Å². The minimum absolute atomic E-state index is 0.0233. The van der Waals surface area contributed by atoms with Crippen molar-refractivity contribution in [3.8, 4) is 28.1 Å². The van der Waals surface area contributed by atoms with Crippen LogP contribution in [0.2, 0.25) is 0 Å². The summed E-state index contributed by atoms with van der Waals surface area (Å²) in [6.45, 7) is 13.2. The molecule has 366 valence electrons. The van der Waals surface area contributed by atoms with Crippen molar-refractivity contribution in [2.75, 3.05) is 40.4 Å². The fourth-order valence-electron chi connectivity index (χ4n) is 10.4. The number of phenolic OH excluding ortho intramolecular Hbond substituents is 1. The second-order valence-corrected chi connectivity index (χ2v) is 22.5. The van der Waals surface area contributed by atoms with Crippen LogP contribution < -0.4 is 10.7 Å². The molecule has 3 aliphatic heterocycles. The molecule has 8 rings (SSSR count). The van der Waals surface area contributed by atoms with E-state index < -0.39 is 57.3 Å². The number of carbonyl (C=O) groups is 4. The number of aryl methyl sites for hydroxylation is 1. The molecule has 2 aromatic carbocycles. The zero-order valence-electron chi connectivity index (χ0n) is 40.6. The summed E-state index contributed by atoms with van der Waals surface area (Å²) in [7, 11) is -0.243. The molecule has 0 spiro atoms. The first-order valence-electron chi connectivity index (χ1n) is 24.1. The van der Waals surface area contributed by atoms with Crippen molar-refractivity contribution in [3.05, 3.63) is 71.5 Å². The number of phenols is 1. The Balaban J connectivity index is 1.18. The number of esters is 1. The van der Waals surface area contributed by atoms with Crippen molar-refractivity contribution in [2.24, 2.45) is 17.3 Å². The maximum absolute atomic E-state index is 14.8. The molecule has 1 unspecified atom stereocenters. The van der Waals surface area contributed by atoms with Gasteiger partial charge in [0.1, 0.15) is 23.9 Å². The van der Waals surface area contributed by atoms with Crippen LogP contribution in [0.15, 0.2) is 54.7 Å². The highest BCUT2D eigenvalue weighted by Crippen LogP contribution is 2.42. The first kappa shape index (κ1) is 49.1. The average molecular weight is 954 g/mol. The Hall–Kier alpha value is -5.36. The lowest BCUT2D eigenvalue weighted by atomic mass is 9.84. The lowest BCUT2D eigenvalue weighted by Gasteiger charge is -2.37. The van der Waals surface area contributed by atoms with E-state index in [4.69, 9.17) is 14.5 Å². The van der Waals surface area contributed by atoms with Crippen LogP contribution in [0.25, 0.3) is 33.3 Å². The van der Waals surface area contributed by atoms with Gasteiger partial charge in [0, 0.05) is 74.8 Å². The number of rotatable bonds is 11. The lowest BCUT2D eigenvalue weighted by Crippen LogP contribution is -2.62. The number of methoxy groups -OCH3 is 1. The summed E-state index contributed by atoms with van der Waals surface area (Å²) in [6, 6.07) is 12.4. The second kappa shape index (κ2) is 19.6. The standard InChI is InChI=1S/C51H67N7O9S/c1-9-57-43-17-14-33-26-39(43)40(46(57)38-12-10-19-52-44(38)31(4)66-8)27-51(5,6)29-67-50(63)41-13-11-20-58(54-41)49(62)42(24-32-22-35(33)25-36(59)23-32)53-47(60)45(30(2)3)55(7)48(61)34-18-21-56(28-34)68(64,65)37-15-16-37/h10,12,14,17,19,22-23,25-26,30-31,34,37,41-42,45,54,59H,9,11,13,15-16,18,20-21,24,27-29H2,1-8H3,(H,53,60)/t31-,34-,41-,42-,45?/m0/s1. The molecule has 3 fully saturated rings. The van der Waals surface area contributed by atoms with E-state index in [0.29, 0.717) is 56.2 Å². The number of pyridine rings is 1. The Morgan fingerprint density at radius 1 is 1.04 bits per heavy atom. The number of amides is 3. The molecule has 2 aromatic heterocycles. The second-order valence-electron chi connectivity index (χ2n) is 20.3. The smallest absolute Gasteiger partial charge is 0.324 e. The van der Waals surface area contributed by atoms with Gasteiger partial charge in [-0.25, -0.2) is 18.1 Å². The SMILES string of the molecule is CCn1c(-c2cccnc2[C@H](C)OC)c2c3cc(ccc31)-c1cc(O)cc(c1)C[C@H](NC(=O)C(C(C)C)N(C)C(=O)[C@H]1CCN(S(=O)(=O)C3CC3)C1)C(=O)N1CCC[C@H](N1)C(=O)OCC(C)(C)C2. The number of hydrazine groups is 1. The molecule has 17 heteroatoms. The van der Waals surface area contributed by atoms with Gasteiger partial charge < -0.3 is 29.4 Å². The average Bonchev–Trinajstić information content (AvgIpc) is 3.99. The third kappa shape index (κ3) is 9.90. The Labute approximate surface area is 399 Å². The van der Waals surface area contributed by atoms with Crippen molar-refractivity contribution in [1.29, 1.82) is 0 Å². The first-order chi connectivity index (χ1) is 32.3. The van der Waals surface area contributed by atoms with Crippen molar-refractivity contribution in [2.45, 2.75) is 123 Å². The molecule has 2 saturated heterocycles. The van der Waals surface area contributed by atoms with Gasteiger partial charge in [-0.05, 0) is 117 Å². The summed E-state index contributed by atoms with van der Waals surface area (Å²) in [5.74, 6) is -2.90. The number of nitrogens with zero attached hydrogens (tertiary/aromatic N) is 5. The number of nitrogens with one attached hydrogen (secondary N) is 2. The number of carbonyl (C=O) groups excluding carboxylic acids is 4. The van der Waals surface area contributed by atoms with Gasteiger partial charge in [-0.3, -0.25) is 29.2 Å². The third-order valence-corrected chi connectivity index (χ3v) is 16.5. The Morgan fingerprint density at radius 2 is 1.81 bits per heavy atom. The van der Waals surface area contributed by atoms with Gasteiger partial charge in [0.2, 0.25) is 21.8 Å². The minimum Gasteiger partial charge on any atom is -0.508 e. The molecule has 0 radical (unpaired) electrons. The van der Waals surface area contributed by atoms with Crippen molar-refractivity contribution in [3.63, 3.8) is 0 Å². The highest BCUT2D eigenvalue weighted by Gasteiger charge is 2.46. The highest BCUT2D eigenvalue weighted by atomic mass is 32.2. The van der Waals surface area contributed by atoms with Gasteiger partial charge in [-0.15, -0.1) is 0 Å². The zero-order chi connectivity index (χ0) is 48.8. The van der Waals surface area contributed by atoms with Gasteiger partial charge in [0.15, 0.2) is 0 Å². The Bertz CT molecular complexity index is 2700. The number of likely N-dealkylation sites (N-methyl/N-ethyl adjacent to an activating group) is 1. The van der Waals surface area contributed by atoms with E-state index in [1.165, 1.54) is 14.2 Å². The van der Waals surface area contributed by atoms with Crippen LogP contribution in [-0.2, 0) is 58.1 Å². The highest BCUT2D eigenvalue weighted by molar-refractivity contribution is 7.90. The van der Waals surface area contributed by atoms with E-state index >= 15 is 0 Å². The van der Waals surface area contributed by atoms with E-state index in [-0.39, 0.29) is 61.6 Å². The van der Waals surface area contributed by atoms with Crippen LogP contribution in [0.5, 0.6) is 5.75 Å². The number of hydrogen-bond donors (Lipinski definition) is 3. The van der Waals surface area contributed by atoms with E-state index in [2.05, 4.69) is 54.3 Å². The minimum atomic E-state index is -3.46. The molecule has 4 aliphatic rings. The number of ether oxygens (including phenoxy) is 2. The van der Waals surface area contributed by atoms with Gasteiger partial charge in [0.25, 0.3) is 5.91 Å². The molecule has 5 heterocycles. The maximum atomic E-state index is 14.8. The fourth-order valence-corrected chi connectivity index (χ4v) is 12.3. The number of aromatic nitrogens is 2. The van der Waals surface area contributed by atoms with E-state index in [9.17, 15) is 32.7 Å². The van der Waals surface area contributed by atoms with Gasteiger partial charge >= 0.3 is 5.97 Å². The molecule has 1 saturated carbocycles. The zero-order valence-corrected chi connectivity index (χ0v) is 41.4. The topological polar surface area (TPSA) is 193 Å². The number of cyclic esters (lactones) is 1. The monoisotopic (exact) mass is 953 g/mol. The number of aromatic hydroxyl groups is 1. The van der Waals surface area contributed by atoms with Crippen LogP contribution in [-0.4, -0.2) is 125 Å². The normalized spacial score (nSPS) is 22.4. The quantitative estimate of drug-likeness (QED) is 0.155. The molecule has 4 aromatic rings. The molecular formula is C51H67N7O9S. The van der Waals surface area contributed by atoms with Crippen molar-refractivity contribution in [1.82, 2.24) is 34.5 Å². The number of benzene rings is 2. The molecule has 3 N–H and O–H groups in total. The Kier molecular flexibility index (Phi) is 14.1. The number of sulfonamides is 1.